The Morgan fingerprint density at radius 2 is 2.00 bits per heavy atom. The molecule has 0 aliphatic rings. The lowest BCUT2D eigenvalue weighted by molar-refractivity contribution is -0.123. The maximum Gasteiger partial charge on any atom is 0.241 e. The van der Waals surface area contributed by atoms with E-state index in [0.29, 0.717) is 6.54 Å². The van der Waals surface area contributed by atoms with Gasteiger partial charge in [0.05, 0.1) is 6.10 Å². The molecule has 0 aliphatic carbocycles. The number of nitrogens with two attached hydrogens (primary N) is 1. The molecule has 0 saturated carbocycles. The number of carbonyl (C=O) groups is 1. The van der Waals surface area contributed by atoms with Gasteiger partial charge in [0.2, 0.25) is 5.91 Å². The van der Waals surface area contributed by atoms with E-state index in [1.165, 1.54) is 0 Å². The number of hydrogen-bond acceptors (Lipinski definition) is 3. The minimum atomic E-state index is -0.625. The van der Waals surface area contributed by atoms with Gasteiger partial charge in [0.1, 0.15) is 6.04 Å². The molecule has 0 spiro atoms. The Bertz CT molecular complexity index is 362. The van der Waals surface area contributed by atoms with Gasteiger partial charge in [0.15, 0.2) is 0 Å². The van der Waals surface area contributed by atoms with E-state index in [1.54, 1.807) is 7.11 Å². The highest BCUT2D eigenvalue weighted by molar-refractivity contribution is 5.82. The van der Waals surface area contributed by atoms with Crippen molar-refractivity contribution in [2.75, 3.05) is 13.7 Å². The average molecular weight is 236 g/mol. The smallest absolute Gasteiger partial charge is 0.241 e. The quantitative estimate of drug-likeness (QED) is 0.806. The van der Waals surface area contributed by atoms with Crippen LogP contribution in [0.5, 0.6) is 0 Å². The van der Waals surface area contributed by atoms with Crippen molar-refractivity contribution < 1.29 is 9.53 Å². The zero-order valence-corrected chi connectivity index (χ0v) is 10.6. The van der Waals surface area contributed by atoms with Gasteiger partial charge < -0.3 is 15.8 Å². The zero-order valence-electron chi connectivity index (χ0n) is 10.6. The summed E-state index contributed by atoms with van der Waals surface area (Å²) in [5.74, 6) is -0.183. The first-order valence-electron chi connectivity index (χ1n) is 5.67. The van der Waals surface area contributed by atoms with E-state index in [2.05, 4.69) is 5.32 Å². The van der Waals surface area contributed by atoms with Gasteiger partial charge in [-0.05, 0) is 19.4 Å². The maximum absolute atomic E-state index is 11.8. The Morgan fingerprint density at radius 1 is 1.41 bits per heavy atom. The number of amides is 1. The van der Waals surface area contributed by atoms with Crippen LogP contribution in [0.4, 0.5) is 0 Å². The topological polar surface area (TPSA) is 64.3 Å². The van der Waals surface area contributed by atoms with Crippen LogP contribution in [0.1, 0.15) is 24.1 Å². The lowest BCUT2D eigenvalue weighted by Gasteiger charge is -2.15. The first kappa shape index (κ1) is 13.7. The van der Waals surface area contributed by atoms with Crippen molar-refractivity contribution in [1.82, 2.24) is 5.32 Å². The van der Waals surface area contributed by atoms with Crippen LogP contribution in [0.15, 0.2) is 24.3 Å². The molecule has 0 bridgehead atoms. The molecule has 4 heteroatoms. The SMILES string of the molecule is COC(C)CNC(=O)C(N)c1ccc(C)cc1. The van der Waals surface area contributed by atoms with E-state index < -0.39 is 6.04 Å². The van der Waals surface area contributed by atoms with Crippen LogP contribution in [-0.4, -0.2) is 25.7 Å². The van der Waals surface area contributed by atoms with Crippen molar-refractivity contribution in [2.45, 2.75) is 26.0 Å². The van der Waals surface area contributed by atoms with Crippen molar-refractivity contribution in [3.05, 3.63) is 35.4 Å². The van der Waals surface area contributed by atoms with Crippen molar-refractivity contribution in [2.24, 2.45) is 5.73 Å². The van der Waals surface area contributed by atoms with E-state index in [1.807, 2.05) is 38.1 Å². The third-order valence-electron chi connectivity index (χ3n) is 2.69. The number of nitrogens with one attached hydrogen (secondary N) is 1. The summed E-state index contributed by atoms with van der Waals surface area (Å²) in [6.07, 6.45) is -0.0100. The molecule has 3 N–H and O–H groups in total. The average Bonchev–Trinajstić information content (AvgIpc) is 2.35. The fourth-order valence-electron chi connectivity index (χ4n) is 1.36. The molecule has 0 aliphatic heterocycles. The lowest BCUT2D eigenvalue weighted by atomic mass is 10.1. The van der Waals surface area contributed by atoms with Gasteiger partial charge in [0, 0.05) is 13.7 Å². The third-order valence-corrected chi connectivity index (χ3v) is 2.69. The number of benzene rings is 1. The van der Waals surface area contributed by atoms with Gasteiger partial charge >= 0.3 is 0 Å². The molecular formula is C13H20N2O2. The fraction of sp³-hybridized carbons (Fsp3) is 0.462. The summed E-state index contributed by atoms with van der Waals surface area (Å²) < 4.78 is 5.05. The van der Waals surface area contributed by atoms with Gasteiger partial charge in [0.25, 0.3) is 0 Å². The molecule has 2 atom stereocenters. The van der Waals surface area contributed by atoms with Gasteiger partial charge in [-0.25, -0.2) is 0 Å². The van der Waals surface area contributed by atoms with Crippen LogP contribution in [0.2, 0.25) is 0 Å². The Morgan fingerprint density at radius 3 is 2.53 bits per heavy atom. The fourth-order valence-corrected chi connectivity index (χ4v) is 1.36. The second-order valence-corrected chi connectivity index (χ2v) is 4.18. The monoisotopic (exact) mass is 236 g/mol. The number of carbonyl (C=O) groups excluding carboxylic acids is 1. The predicted octanol–water partition coefficient (Wildman–Crippen LogP) is 1.15. The van der Waals surface area contributed by atoms with Gasteiger partial charge in [-0.15, -0.1) is 0 Å². The van der Waals surface area contributed by atoms with E-state index in [4.69, 9.17) is 10.5 Å². The normalized spacial score (nSPS) is 14.1. The number of hydrogen-bond donors (Lipinski definition) is 2. The molecule has 1 aromatic carbocycles. The first-order chi connectivity index (χ1) is 8.04. The van der Waals surface area contributed by atoms with E-state index in [0.717, 1.165) is 11.1 Å². The molecule has 2 unspecified atom stereocenters. The summed E-state index contributed by atoms with van der Waals surface area (Å²) >= 11 is 0. The maximum atomic E-state index is 11.8. The second kappa shape index (κ2) is 6.37. The molecule has 94 valence electrons. The molecular weight excluding hydrogens is 216 g/mol. The van der Waals surface area contributed by atoms with Gasteiger partial charge in [-0.1, -0.05) is 29.8 Å². The van der Waals surface area contributed by atoms with Gasteiger partial charge in [-0.2, -0.15) is 0 Å². The van der Waals surface area contributed by atoms with Crippen molar-refractivity contribution in [1.29, 1.82) is 0 Å². The number of ether oxygens (including phenoxy) is 1. The molecule has 4 nitrogen and oxygen atoms in total. The number of aryl methyl sites for hydroxylation is 1. The zero-order chi connectivity index (χ0) is 12.8. The Balaban J connectivity index is 2.54. The number of rotatable bonds is 5. The minimum absolute atomic E-state index is 0.0100. The van der Waals surface area contributed by atoms with Crippen LogP contribution < -0.4 is 11.1 Å². The van der Waals surface area contributed by atoms with Gasteiger partial charge in [-0.3, -0.25) is 4.79 Å². The lowest BCUT2D eigenvalue weighted by Crippen LogP contribution is -2.38. The summed E-state index contributed by atoms with van der Waals surface area (Å²) in [6.45, 7) is 4.35. The Hall–Kier alpha value is -1.39. The molecule has 1 aromatic rings. The Kier molecular flexibility index (Phi) is 5.12. The largest absolute Gasteiger partial charge is 0.380 e. The van der Waals surface area contributed by atoms with Crippen molar-refractivity contribution in [3.8, 4) is 0 Å². The summed E-state index contributed by atoms with van der Waals surface area (Å²) in [6, 6.07) is 7.01. The predicted molar refractivity (Wildman–Crippen MR) is 67.6 cm³/mol. The third kappa shape index (κ3) is 4.17. The van der Waals surface area contributed by atoms with E-state index in [-0.39, 0.29) is 12.0 Å². The summed E-state index contributed by atoms with van der Waals surface area (Å²) in [5.41, 5.74) is 7.83. The number of methoxy groups -OCH3 is 1. The van der Waals surface area contributed by atoms with Crippen LogP contribution >= 0.6 is 0 Å². The van der Waals surface area contributed by atoms with Crippen LogP contribution in [-0.2, 0) is 9.53 Å². The highest BCUT2D eigenvalue weighted by Gasteiger charge is 2.15. The molecule has 0 aromatic heterocycles. The molecule has 17 heavy (non-hydrogen) atoms. The highest BCUT2D eigenvalue weighted by Crippen LogP contribution is 2.11. The first-order valence-corrected chi connectivity index (χ1v) is 5.67. The van der Waals surface area contributed by atoms with Crippen LogP contribution in [0, 0.1) is 6.92 Å². The summed E-state index contributed by atoms with van der Waals surface area (Å²) in [5, 5.41) is 2.76. The minimum Gasteiger partial charge on any atom is -0.380 e. The summed E-state index contributed by atoms with van der Waals surface area (Å²) in [4.78, 5) is 11.8. The van der Waals surface area contributed by atoms with E-state index in [9.17, 15) is 4.79 Å². The van der Waals surface area contributed by atoms with Crippen LogP contribution in [0.3, 0.4) is 0 Å². The molecule has 0 saturated heterocycles. The van der Waals surface area contributed by atoms with Crippen molar-refractivity contribution >= 4 is 5.91 Å². The molecule has 1 rings (SSSR count). The Labute approximate surface area is 102 Å². The highest BCUT2D eigenvalue weighted by atomic mass is 16.5. The van der Waals surface area contributed by atoms with Crippen LogP contribution in [0.25, 0.3) is 0 Å². The molecule has 1 amide bonds. The summed E-state index contributed by atoms with van der Waals surface area (Å²) in [7, 11) is 1.61. The molecule has 0 heterocycles. The van der Waals surface area contributed by atoms with E-state index >= 15 is 0 Å². The standard InChI is InChI=1S/C13H20N2O2/c1-9-4-6-11(7-5-9)12(14)13(16)15-8-10(2)17-3/h4-7,10,12H,8,14H2,1-3H3,(H,15,16). The molecule has 0 radical (unpaired) electrons. The second-order valence-electron chi connectivity index (χ2n) is 4.18. The van der Waals surface area contributed by atoms with Crippen molar-refractivity contribution in [3.63, 3.8) is 0 Å². The molecule has 0 fully saturated rings.